The summed E-state index contributed by atoms with van der Waals surface area (Å²) < 4.78 is -1.78. The molecule has 2 amide bonds. The molecule has 1 rings (SSSR count). The van der Waals surface area contributed by atoms with Gasteiger partial charge in [-0.05, 0) is 43.3 Å². The Bertz CT molecular complexity index is 590. The van der Waals surface area contributed by atoms with E-state index in [4.69, 9.17) is 47.0 Å². The molecule has 0 radical (unpaired) electrons. The van der Waals surface area contributed by atoms with Gasteiger partial charge in [0, 0.05) is 19.8 Å². The molecule has 23 heavy (non-hydrogen) atoms. The van der Waals surface area contributed by atoms with Crippen LogP contribution in [-0.4, -0.2) is 40.1 Å². The van der Waals surface area contributed by atoms with Gasteiger partial charge in [0.2, 0.25) is 3.79 Å². The van der Waals surface area contributed by atoms with Gasteiger partial charge in [0.05, 0.1) is 0 Å². The number of carbonyl (C=O) groups is 1. The monoisotopic (exact) mass is 396 g/mol. The second-order valence-electron chi connectivity index (χ2n) is 5.24. The van der Waals surface area contributed by atoms with Gasteiger partial charge in [-0.15, -0.1) is 0 Å². The maximum atomic E-state index is 11.8. The number of rotatable bonds is 3. The zero-order valence-corrected chi connectivity index (χ0v) is 16.3. The van der Waals surface area contributed by atoms with Crippen LogP contribution in [0.5, 0.6) is 0 Å². The number of amides is 2. The summed E-state index contributed by atoms with van der Waals surface area (Å²) in [5.74, 6) is 0. The van der Waals surface area contributed by atoms with Crippen LogP contribution < -0.4 is 16.0 Å². The Hall–Kier alpha value is -0.950. The molecule has 128 valence electrons. The van der Waals surface area contributed by atoms with E-state index in [1.165, 1.54) is 4.90 Å². The van der Waals surface area contributed by atoms with E-state index in [-0.39, 0.29) is 5.11 Å². The first-order chi connectivity index (χ1) is 10.5. The number of nitrogens with one attached hydrogen (secondary N) is 3. The van der Waals surface area contributed by atoms with Crippen molar-refractivity contribution in [3.63, 3.8) is 0 Å². The van der Waals surface area contributed by atoms with Gasteiger partial charge in [0.1, 0.15) is 0 Å². The van der Waals surface area contributed by atoms with Gasteiger partial charge in [-0.2, -0.15) is 0 Å². The predicted octanol–water partition coefficient (Wildman–Crippen LogP) is 3.56. The van der Waals surface area contributed by atoms with Crippen LogP contribution in [-0.2, 0) is 0 Å². The normalized spacial score (nSPS) is 12.3. The number of urea groups is 1. The number of thiocarbonyl (C=S) groups is 1. The fourth-order valence-electron chi connectivity index (χ4n) is 1.61. The second kappa shape index (κ2) is 8.24. The minimum Gasteiger partial charge on any atom is -0.339 e. The number of carbonyl (C=O) groups excluding carboxylic acids is 1. The molecule has 0 heterocycles. The smallest absolute Gasteiger partial charge is 0.318 e. The molecule has 9 heteroatoms. The maximum Gasteiger partial charge on any atom is 0.318 e. The van der Waals surface area contributed by atoms with Gasteiger partial charge in [-0.1, -0.05) is 46.9 Å². The second-order valence-corrected chi connectivity index (χ2v) is 8.01. The molecule has 0 aliphatic carbocycles. The molecule has 0 aromatic heterocycles. The molecule has 0 spiro atoms. The Morgan fingerprint density at radius 1 is 1.22 bits per heavy atom. The first kappa shape index (κ1) is 20.1. The lowest BCUT2D eigenvalue weighted by molar-refractivity contribution is 0.212. The van der Waals surface area contributed by atoms with E-state index < -0.39 is 16.0 Å². The molecule has 5 nitrogen and oxygen atoms in total. The standard InChI is InChI=1S/C14H19Cl3N4OS/c1-8-5-6-9(2)10(7-8)18-12(23)19-11(14(15,16)17)20-13(22)21(3)4/h5-7,11H,1-4H3,(H,20,22)(H2,18,19,23)/t11-/m0/s1. The Morgan fingerprint density at radius 2 is 1.83 bits per heavy atom. The average Bonchev–Trinajstić information content (AvgIpc) is 2.40. The minimum absolute atomic E-state index is 0.231. The van der Waals surface area contributed by atoms with Crippen molar-refractivity contribution < 1.29 is 4.79 Å². The lowest BCUT2D eigenvalue weighted by Crippen LogP contribution is -2.57. The van der Waals surface area contributed by atoms with Gasteiger partial charge in [-0.25, -0.2) is 4.79 Å². The van der Waals surface area contributed by atoms with E-state index in [1.807, 2.05) is 32.0 Å². The molecule has 0 saturated heterocycles. The van der Waals surface area contributed by atoms with Crippen molar-refractivity contribution >= 4 is 63.9 Å². The Morgan fingerprint density at radius 3 is 2.35 bits per heavy atom. The third-order valence-corrected chi connectivity index (χ3v) is 3.79. The SMILES string of the molecule is Cc1ccc(C)c(NC(=S)N[C@@H](NC(=O)N(C)C)C(Cl)(Cl)Cl)c1. The van der Waals surface area contributed by atoms with Crippen LogP contribution >= 0.6 is 47.0 Å². The van der Waals surface area contributed by atoms with E-state index >= 15 is 0 Å². The third-order valence-electron chi connectivity index (χ3n) is 2.92. The molecule has 0 aliphatic heterocycles. The fraction of sp³-hybridized carbons (Fsp3) is 0.429. The highest BCUT2D eigenvalue weighted by Crippen LogP contribution is 2.29. The van der Waals surface area contributed by atoms with Crippen molar-refractivity contribution in [3.05, 3.63) is 29.3 Å². The van der Waals surface area contributed by atoms with Crippen molar-refractivity contribution in [3.8, 4) is 0 Å². The van der Waals surface area contributed by atoms with Crippen LogP contribution in [0, 0.1) is 13.8 Å². The van der Waals surface area contributed by atoms with Crippen LogP contribution in [0.25, 0.3) is 0 Å². The average molecular weight is 398 g/mol. The summed E-state index contributed by atoms with van der Waals surface area (Å²) >= 11 is 22.9. The molecule has 0 aliphatic rings. The largest absolute Gasteiger partial charge is 0.339 e. The number of hydrogen-bond acceptors (Lipinski definition) is 2. The predicted molar refractivity (Wildman–Crippen MR) is 102 cm³/mol. The maximum absolute atomic E-state index is 11.8. The van der Waals surface area contributed by atoms with Crippen molar-refractivity contribution in [2.45, 2.75) is 23.8 Å². The van der Waals surface area contributed by atoms with Crippen LogP contribution in [0.4, 0.5) is 10.5 Å². The number of alkyl halides is 3. The van der Waals surface area contributed by atoms with Gasteiger partial charge in [-0.3, -0.25) is 0 Å². The van der Waals surface area contributed by atoms with E-state index in [2.05, 4.69) is 16.0 Å². The summed E-state index contributed by atoms with van der Waals surface area (Å²) in [5.41, 5.74) is 2.94. The molecule has 1 aromatic carbocycles. The molecule has 0 saturated carbocycles. The zero-order chi connectivity index (χ0) is 17.8. The van der Waals surface area contributed by atoms with Crippen LogP contribution in [0.15, 0.2) is 18.2 Å². The van der Waals surface area contributed by atoms with Gasteiger partial charge in [0.15, 0.2) is 11.3 Å². The fourth-order valence-corrected chi connectivity index (χ4v) is 2.17. The Labute approximate surface area is 156 Å². The van der Waals surface area contributed by atoms with Crippen molar-refractivity contribution in [1.82, 2.24) is 15.5 Å². The van der Waals surface area contributed by atoms with Gasteiger partial charge >= 0.3 is 6.03 Å². The highest BCUT2D eigenvalue weighted by atomic mass is 35.6. The number of anilines is 1. The molecule has 1 aromatic rings. The molecular weight excluding hydrogens is 379 g/mol. The summed E-state index contributed by atoms with van der Waals surface area (Å²) in [5, 5.41) is 8.62. The first-order valence-electron chi connectivity index (χ1n) is 6.70. The van der Waals surface area contributed by atoms with Gasteiger partial charge < -0.3 is 20.9 Å². The Kier molecular flexibility index (Phi) is 7.20. The summed E-state index contributed by atoms with van der Waals surface area (Å²) in [6.45, 7) is 3.92. The lowest BCUT2D eigenvalue weighted by Gasteiger charge is -2.29. The van der Waals surface area contributed by atoms with E-state index in [9.17, 15) is 4.79 Å². The summed E-state index contributed by atoms with van der Waals surface area (Å²) in [4.78, 5) is 13.1. The first-order valence-corrected chi connectivity index (χ1v) is 8.24. The van der Waals surface area contributed by atoms with Gasteiger partial charge in [0.25, 0.3) is 0 Å². The lowest BCUT2D eigenvalue weighted by atomic mass is 10.1. The molecule has 0 bridgehead atoms. The van der Waals surface area contributed by atoms with E-state index in [1.54, 1.807) is 14.1 Å². The van der Waals surface area contributed by atoms with Crippen molar-refractivity contribution in [2.75, 3.05) is 19.4 Å². The summed E-state index contributed by atoms with van der Waals surface area (Å²) in [7, 11) is 3.16. The minimum atomic E-state index is -1.78. The number of aryl methyl sites for hydroxylation is 2. The zero-order valence-electron chi connectivity index (χ0n) is 13.2. The summed E-state index contributed by atoms with van der Waals surface area (Å²) in [6, 6.07) is 5.51. The van der Waals surface area contributed by atoms with Crippen LogP contribution in [0.1, 0.15) is 11.1 Å². The molecule has 1 atom stereocenters. The number of halogens is 3. The van der Waals surface area contributed by atoms with Crippen LogP contribution in [0.3, 0.4) is 0 Å². The molecular formula is C14H19Cl3N4OS. The van der Waals surface area contributed by atoms with E-state index in [0.29, 0.717) is 0 Å². The highest BCUT2D eigenvalue weighted by molar-refractivity contribution is 7.80. The number of hydrogen-bond donors (Lipinski definition) is 3. The van der Waals surface area contributed by atoms with Crippen molar-refractivity contribution in [2.24, 2.45) is 0 Å². The quantitative estimate of drug-likeness (QED) is 0.415. The number of nitrogens with zero attached hydrogens (tertiary/aromatic N) is 1. The number of benzene rings is 1. The van der Waals surface area contributed by atoms with E-state index in [0.717, 1.165) is 16.8 Å². The van der Waals surface area contributed by atoms with Crippen LogP contribution in [0.2, 0.25) is 0 Å². The molecule has 3 N–H and O–H groups in total. The molecule has 0 fully saturated rings. The molecule has 0 unspecified atom stereocenters. The topological polar surface area (TPSA) is 56.4 Å². The summed E-state index contributed by atoms with van der Waals surface area (Å²) in [6.07, 6.45) is -0.993. The Balaban J connectivity index is 2.81. The van der Waals surface area contributed by atoms with Crippen molar-refractivity contribution in [1.29, 1.82) is 0 Å². The highest BCUT2D eigenvalue weighted by Gasteiger charge is 2.35. The third kappa shape index (κ3) is 6.59.